The molecule has 1 heterocycles. The van der Waals surface area contributed by atoms with E-state index in [0.717, 1.165) is 0 Å². The van der Waals surface area contributed by atoms with Gasteiger partial charge in [0.05, 0.1) is 0 Å². The van der Waals surface area contributed by atoms with Crippen molar-refractivity contribution in [3.8, 4) is 0 Å². The van der Waals surface area contributed by atoms with E-state index < -0.39 is 0 Å². The molecule has 0 aliphatic carbocycles. The molecule has 74 valence electrons. The maximum Gasteiger partial charge on any atom is 0.232 e. The maximum atomic E-state index is 11.5. The molecule has 1 aliphatic rings. The summed E-state index contributed by atoms with van der Waals surface area (Å²) in [5.74, 6) is -0.189. The third kappa shape index (κ3) is 2.28. The molecule has 2 atom stereocenters. The molecule has 13 heavy (non-hydrogen) atoms. The van der Waals surface area contributed by atoms with Gasteiger partial charge in [-0.3, -0.25) is 14.5 Å². The van der Waals surface area contributed by atoms with E-state index in [2.05, 4.69) is 0 Å². The molecule has 4 heteroatoms. The van der Waals surface area contributed by atoms with E-state index in [-0.39, 0.29) is 23.8 Å². The van der Waals surface area contributed by atoms with Gasteiger partial charge in [-0.05, 0) is 13.3 Å². The average Bonchev–Trinajstić information content (AvgIpc) is 2.05. The monoisotopic (exact) mass is 184 g/mol. The highest BCUT2D eigenvalue weighted by molar-refractivity contribution is 5.98. The second-order valence-electron chi connectivity index (χ2n) is 3.76. The maximum absolute atomic E-state index is 11.5. The van der Waals surface area contributed by atoms with Gasteiger partial charge in [0.25, 0.3) is 0 Å². The number of likely N-dealkylation sites (tertiary alicyclic amines) is 1. The van der Waals surface area contributed by atoms with Crippen LogP contribution in [0.2, 0.25) is 0 Å². The molecule has 0 aromatic rings. The fourth-order valence-electron chi connectivity index (χ4n) is 1.47. The SMILES string of the molecule is CC(N)CN1C(=O)CCC(C)C1=O. The lowest BCUT2D eigenvalue weighted by Crippen LogP contribution is -2.48. The van der Waals surface area contributed by atoms with Gasteiger partial charge in [-0.25, -0.2) is 0 Å². The van der Waals surface area contributed by atoms with Crippen LogP contribution in [0.1, 0.15) is 26.7 Å². The lowest BCUT2D eigenvalue weighted by Gasteiger charge is -2.29. The number of rotatable bonds is 2. The van der Waals surface area contributed by atoms with E-state index in [4.69, 9.17) is 5.73 Å². The van der Waals surface area contributed by atoms with Crippen molar-refractivity contribution in [2.45, 2.75) is 32.7 Å². The van der Waals surface area contributed by atoms with Crippen LogP contribution in [0.3, 0.4) is 0 Å². The molecule has 2 amide bonds. The Bertz CT molecular complexity index is 226. The van der Waals surface area contributed by atoms with Gasteiger partial charge in [0, 0.05) is 24.9 Å². The Hall–Kier alpha value is -0.900. The third-order valence-electron chi connectivity index (χ3n) is 2.25. The number of imide groups is 1. The van der Waals surface area contributed by atoms with Crippen molar-refractivity contribution in [3.05, 3.63) is 0 Å². The zero-order valence-corrected chi connectivity index (χ0v) is 8.12. The lowest BCUT2D eigenvalue weighted by atomic mass is 9.98. The van der Waals surface area contributed by atoms with Crippen molar-refractivity contribution >= 4 is 11.8 Å². The van der Waals surface area contributed by atoms with Crippen molar-refractivity contribution in [2.75, 3.05) is 6.54 Å². The summed E-state index contributed by atoms with van der Waals surface area (Å²) < 4.78 is 0. The number of amides is 2. The number of carbonyl (C=O) groups excluding carboxylic acids is 2. The molecule has 0 aromatic heterocycles. The summed E-state index contributed by atoms with van der Waals surface area (Å²) >= 11 is 0. The highest BCUT2D eigenvalue weighted by Gasteiger charge is 2.31. The molecule has 0 aromatic carbocycles. The molecule has 0 radical (unpaired) electrons. The smallest absolute Gasteiger partial charge is 0.232 e. The number of piperidine rings is 1. The molecule has 4 nitrogen and oxygen atoms in total. The van der Waals surface area contributed by atoms with Crippen LogP contribution < -0.4 is 5.73 Å². The molecule has 0 saturated carbocycles. The van der Waals surface area contributed by atoms with Crippen molar-refractivity contribution < 1.29 is 9.59 Å². The quantitative estimate of drug-likeness (QED) is 0.620. The minimum atomic E-state index is -0.141. The molecule has 2 unspecified atom stereocenters. The molecule has 1 fully saturated rings. The predicted molar refractivity (Wildman–Crippen MR) is 48.8 cm³/mol. The Morgan fingerprint density at radius 3 is 2.77 bits per heavy atom. The first-order valence-electron chi connectivity index (χ1n) is 4.62. The summed E-state index contributed by atoms with van der Waals surface area (Å²) in [7, 11) is 0. The molecule has 0 spiro atoms. The minimum absolute atomic E-state index is 0.0311. The first-order chi connectivity index (χ1) is 6.02. The number of carbonyl (C=O) groups is 2. The van der Waals surface area contributed by atoms with Gasteiger partial charge in [-0.2, -0.15) is 0 Å². The molecule has 2 N–H and O–H groups in total. The molecule has 1 aliphatic heterocycles. The average molecular weight is 184 g/mol. The van der Waals surface area contributed by atoms with Gasteiger partial charge in [-0.1, -0.05) is 6.92 Å². The van der Waals surface area contributed by atoms with Gasteiger partial charge in [-0.15, -0.1) is 0 Å². The highest BCUT2D eigenvalue weighted by atomic mass is 16.2. The Kier molecular flexibility index (Phi) is 3.03. The van der Waals surface area contributed by atoms with Crippen LogP contribution in [0.25, 0.3) is 0 Å². The van der Waals surface area contributed by atoms with Crippen LogP contribution in [-0.2, 0) is 9.59 Å². The zero-order valence-electron chi connectivity index (χ0n) is 8.12. The Morgan fingerprint density at radius 2 is 2.23 bits per heavy atom. The van der Waals surface area contributed by atoms with Crippen molar-refractivity contribution in [1.82, 2.24) is 4.90 Å². The standard InChI is InChI=1S/C9H16N2O2/c1-6-3-4-8(12)11(9(6)13)5-7(2)10/h6-7H,3-5,10H2,1-2H3. The Balaban J connectivity index is 2.67. The van der Waals surface area contributed by atoms with Gasteiger partial charge >= 0.3 is 0 Å². The first-order valence-corrected chi connectivity index (χ1v) is 4.62. The lowest BCUT2D eigenvalue weighted by molar-refractivity contribution is -0.151. The molecule has 0 bridgehead atoms. The Morgan fingerprint density at radius 1 is 1.62 bits per heavy atom. The van der Waals surface area contributed by atoms with Crippen LogP contribution in [0.15, 0.2) is 0 Å². The predicted octanol–water partition coefficient (Wildman–Crippen LogP) is 0.119. The van der Waals surface area contributed by atoms with E-state index >= 15 is 0 Å². The van der Waals surface area contributed by atoms with Crippen molar-refractivity contribution in [1.29, 1.82) is 0 Å². The van der Waals surface area contributed by atoms with Gasteiger partial charge in [0.15, 0.2) is 0 Å². The van der Waals surface area contributed by atoms with Crippen molar-refractivity contribution in [2.24, 2.45) is 11.7 Å². The summed E-state index contributed by atoms with van der Waals surface area (Å²) in [5, 5.41) is 0. The summed E-state index contributed by atoms with van der Waals surface area (Å²) in [6, 6.07) is -0.141. The summed E-state index contributed by atoms with van der Waals surface area (Å²) in [5.41, 5.74) is 5.55. The largest absolute Gasteiger partial charge is 0.326 e. The number of hydrogen-bond donors (Lipinski definition) is 1. The van der Waals surface area contributed by atoms with Gasteiger partial charge in [0.1, 0.15) is 0 Å². The fraction of sp³-hybridized carbons (Fsp3) is 0.778. The summed E-state index contributed by atoms with van der Waals surface area (Å²) in [6.07, 6.45) is 1.15. The fourth-order valence-corrected chi connectivity index (χ4v) is 1.47. The van der Waals surface area contributed by atoms with Crippen LogP contribution in [0, 0.1) is 5.92 Å². The Labute approximate surface area is 78.1 Å². The van der Waals surface area contributed by atoms with Crippen molar-refractivity contribution in [3.63, 3.8) is 0 Å². The highest BCUT2D eigenvalue weighted by Crippen LogP contribution is 2.18. The van der Waals surface area contributed by atoms with Crippen LogP contribution in [0.5, 0.6) is 0 Å². The van der Waals surface area contributed by atoms with Crippen LogP contribution >= 0.6 is 0 Å². The van der Waals surface area contributed by atoms with Crippen LogP contribution in [0.4, 0.5) is 0 Å². The second kappa shape index (κ2) is 3.87. The van der Waals surface area contributed by atoms with E-state index in [9.17, 15) is 9.59 Å². The van der Waals surface area contributed by atoms with Gasteiger partial charge < -0.3 is 5.73 Å². The first kappa shape index (κ1) is 10.2. The van der Waals surface area contributed by atoms with Crippen LogP contribution in [-0.4, -0.2) is 29.3 Å². The summed E-state index contributed by atoms with van der Waals surface area (Å²) in [6.45, 7) is 3.99. The van der Waals surface area contributed by atoms with E-state index in [1.54, 1.807) is 6.92 Å². The third-order valence-corrected chi connectivity index (χ3v) is 2.25. The summed E-state index contributed by atoms with van der Waals surface area (Å²) in [4.78, 5) is 24.1. The second-order valence-corrected chi connectivity index (χ2v) is 3.76. The molecule has 1 rings (SSSR count). The molecular weight excluding hydrogens is 168 g/mol. The van der Waals surface area contributed by atoms with E-state index in [1.807, 2.05) is 6.92 Å². The molecular formula is C9H16N2O2. The molecule has 1 saturated heterocycles. The number of nitrogens with two attached hydrogens (primary N) is 1. The number of hydrogen-bond acceptors (Lipinski definition) is 3. The van der Waals surface area contributed by atoms with E-state index in [0.29, 0.717) is 19.4 Å². The normalized spacial score (nSPS) is 26.4. The topological polar surface area (TPSA) is 63.4 Å². The van der Waals surface area contributed by atoms with Gasteiger partial charge in [0.2, 0.25) is 11.8 Å². The number of nitrogens with zero attached hydrogens (tertiary/aromatic N) is 1. The minimum Gasteiger partial charge on any atom is -0.326 e. The zero-order chi connectivity index (χ0) is 10.0. The van der Waals surface area contributed by atoms with E-state index in [1.165, 1.54) is 4.90 Å².